The van der Waals surface area contributed by atoms with Gasteiger partial charge < -0.3 is 9.64 Å². The van der Waals surface area contributed by atoms with E-state index in [0.29, 0.717) is 17.1 Å². The highest BCUT2D eigenvalue weighted by atomic mass is 16.5. The van der Waals surface area contributed by atoms with E-state index >= 15 is 0 Å². The molecule has 0 unspecified atom stereocenters. The van der Waals surface area contributed by atoms with Gasteiger partial charge in [-0.05, 0) is 49.6 Å². The molecular weight excluding hydrogens is 286 g/mol. The molecule has 4 heteroatoms. The van der Waals surface area contributed by atoms with Gasteiger partial charge in [0.1, 0.15) is 23.3 Å². The molecule has 0 saturated heterocycles. The summed E-state index contributed by atoms with van der Waals surface area (Å²) >= 11 is 0. The maximum absolute atomic E-state index is 9.07. The second-order valence-electron chi connectivity index (χ2n) is 5.30. The number of rotatable bonds is 4. The lowest BCUT2D eigenvalue weighted by Crippen LogP contribution is -2.07. The second kappa shape index (κ2) is 7.28. The van der Waals surface area contributed by atoms with Crippen molar-refractivity contribution in [2.75, 3.05) is 19.0 Å². The predicted molar refractivity (Wildman–Crippen MR) is 94.9 cm³/mol. The van der Waals surface area contributed by atoms with Gasteiger partial charge in [-0.15, -0.1) is 0 Å². The predicted octanol–water partition coefficient (Wildman–Crippen LogP) is 4.06. The van der Waals surface area contributed by atoms with E-state index in [1.54, 1.807) is 12.2 Å². The highest BCUT2D eigenvalue weighted by Gasteiger charge is 2.09. The molecule has 0 spiro atoms. The Hall–Kier alpha value is -3.06. The number of nitriles is 1. The van der Waals surface area contributed by atoms with Crippen LogP contribution in [0.5, 0.6) is 0 Å². The van der Waals surface area contributed by atoms with Crippen molar-refractivity contribution in [1.82, 2.24) is 0 Å². The second-order valence-corrected chi connectivity index (χ2v) is 5.30. The molecule has 0 amide bonds. The number of nitrogens with zero attached hydrogens (tertiary/aromatic N) is 3. The Bertz CT molecular complexity index is 757. The fourth-order valence-electron chi connectivity index (χ4n) is 2.13. The van der Waals surface area contributed by atoms with Gasteiger partial charge in [0, 0.05) is 25.4 Å². The lowest BCUT2D eigenvalue weighted by atomic mass is 10.1. The van der Waals surface area contributed by atoms with Crippen LogP contribution in [-0.2, 0) is 4.74 Å². The first kappa shape index (κ1) is 16.3. The summed E-state index contributed by atoms with van der Waals surface area (Å²) in [5.74, 6) is 1.37. The molecule has 0 atom stereocenters. The average Bonchev–Trinajstić information content (AvgIpc) is 2.54. The van der Waals surface area contributed by atoms with Gasteiger partial charge in [-0.25, -0.2) is 0 Å². The fourth-order valence-corrected chi connectivity index (χ4v) is 2.13. The number of anilines is 1. The maximum Gasteiger partial charge on any atom is 0.147 e. The Morgan fingerprint density at radius 3 is 2.48 bits per heavy atom. The number of benzene rings is 1. The van der Waals surface area contributed by atoms with Crippen molar-refractivity contribution >= 4 is 18.5 Å². The lowest BCUT2D eigenvalue weighted by Gasteiger charge is -2.14. The summed E-state index contributed by atoms with van der Waals surface area (Å²) in [7, 11) is 4.02. The van der Waals surface area contributed by atoms with Crippen molar-refractivity contribution in [1.29, 1.82) is 5.26 Å². The molecule has 0 fully saturated rings. The molecule has 116 valence electrons. The SMILES string of the molecule is C=NC(C#N)=C1C=C(C)OC(C=Cc2ccc(N(C)C)cc2)=C1. The Kier molecular flexibility index (Phi) is 5.16. The van der Waals surface area contributed by atoms with Gasteiger partial charge in [0.25, 0.3) is 0 Å². The van der Waals surface area contributed by atoms with E-state index in [2.05, 4.69) is 28.7 Å². The average molecular weight is 305 g/mol. The number of aliphatic imine (C=N–C) groups is 1. The molecule has 0 aliphatic carbocycles. The van der Waals surface area contributed by atoms with Crippen LogP contribution in [0.2, 0.25) is 0 Å². The van der Waals surface area contributed by atoms with Crippen molar-refractivity contribution in [3.8, 4) is 6.07 Å². The van der Waals surface area contributed by atoms with Crippen LogP contribution in [0.25, 0.3) is 6.08 Å². The maximum atomic E-state index is 9.07. The minimum atomic E-state index is 0.286. The van der Waals surface area contributed by atoms with E-state index in [9.17, 15) is 0 Å². The van der Waals surface area contributed by atoms with Gasteiger partial charge in [0.2, 0.25) is 0 Å². The molecule has 0 bridgehead atoms. The van der Waals surface area contributed by atoms with Gasteiger partial charge in [-0.1, -0.05) is 18.2 Å². The molecule has 0 radical (unpaired) electrons. The van der Waals surface area contributed by atoms with Gasteiger partial charge in [0.05, 0.1) is 0 Å². The molecule has 1 aromatic rings. The van der Waals surface area contributed by atoms with Crippen molar-refractivity contribution in [3.63, 3.8) is 0 Å². The highest BCUT2D eigenvalue weighted by Crippen LogP contribution is 2.23. The monoisotopic (exact) mass is 305 g/mol. The number of hydrogen-bond acceptors (Lipinski definition) is 4. The number of hydrogen-bond donors (Lipinski definition) is 0. The van der Waals surface area contributed by atoms with E-state index in [1.165, 1.54) is 0 Å². The Balaban J connectivity index is 2.24. The first-order chi connectivity index (χ1) is 11.0. The topological polar surface area (TPSA) is 48.6 Å². The zero-order valence-electron chi connectivity index (χ0n) is 13.6. The van der Waals surface area contributed by atoms with Crippen LogP contribution in [0, 0.1) is 11.3 Å². The first-order valence-corrected chi connectivity index (χ1v) is 7.18. The van der Waals surface area contributed by atoms with Crippen molar-refractivity contribution in [3.05, 3.63) is 70.8 Å². The summed E-state index contributed by atoms with van der Waals surface area (Å²) < 4.78 is 5.66. The summed E-state index contributed by atoms with van der Waals surface area (Å²) in [6.45, 7) is 5.26. The summed E-state index contributed by atoms with van der Waals surface area (Å²) in [5, 5.41) is 9.07. The van der Waals surface area contributed by atoms with Crippen molar-refractivity contribution < 1.29 is 4.74 Å². The normalized spacial score (nSPS) is 16.1. The molecule has 4 nitrogen and oxygen atoms in total. The molecule has 0 N–H and O–H groups in total. The minimum Gasteiger partial charge on any atom is -0.462 e. The third-order valence-corrected chi connectivity index (χ3v) is 3.32. The number of ether oxygens (including phenoxy) is 1. The van der Waals surface area contributed by atoms with Crippen LogP contribution in [0.15, 0.2) is 70.3 Å². The zero-order chi connectivity index (χ0) is 16.8. The summed E-state index contributed by atoms with van der Waals surface area (Å²) in [5.41, 5.74) is 3.21. The largest absolute Gasteiger partial charge is 0.462 e. The van der Waals surface area contributed by atoms with Gasteiger partial charge in [-0.2, -0.15) is 5.26 Å². The summed E-state index contributed by atoms with van der Waals surface area (Å²) in [6.07, 6.45) is 7.40. The molecule has 2 rings (SSSR count). The molecule has 1 heterocycles. The van der Waals surface area contributed by atoms with Crippen LogP contribution in [0.1, 0.15) is 12.5 Å². The van der Waals surface area contributed by atoms with E-state index < -0.39 is 0 Å². The standard InChI is InChI=1S/C19H19N3O/c1-14-11-16(19(13-20)21-2)12-18(23-14)10-7-15-5-8-17(9-6-15)22(3)4/h5-12H,2H2,1,3-4H3. The smallest absolute Gasteiger partial charge is 0.147 e. The van der Waals surface area contributed by atoms with Gasteiger partial charge in [-0.3, -0.25) is 4.99 Å². The van der Waals surface area contributed by atoms with Crippen LogP contribution in [0.3, 0.4) is 0 Å². The zero-order valence-corrected chi connectivity index (χ0v) is 13.6. The number of allylic oxidation sites excluding steroid dienone is 6. The summed E-state index contributed by atoms with van der Waals surface area (Å²) in [4.78, 5) is 5.79. The summed E-state index contributed by atoms with van der Waals surface area (Å²) in [6, 6.07) is 10.2. The van der Waals surface area contributed by atoms with Crippen LogP contribution >= 0.6 is 0 Å². The highest BCUT2D eigenvalue weighted by molar-refractivity contribution is 5.58. The molecule has 0 aromatic heterocycles. The van der Waals surface area contributed by atoms with Crippen LogP contribution in [0.4, 0.5) is 5.69 Å². The first-order valence-electron chi connectivity index (χ1n) is 7.18. The fraction of sp³-hybridized carbons (Fsp3) is 0.158. The van der Waals surface area contributed by atoms with Crippen LogP contribution < -0.4 is 4.90 Å². The van der Waals surface area contributed by atoms with E-state index in [0.717, 1.165) is 11.3 Å². The van der Waals surface area contributed by atoms with E-state index in [4.69, 9.17) is 10.00 Å². The third-order valence-electron chi connectivity index (χ3n) is 3.32. The minimum absolute atomic E-state index is 0.286. The van der Waals surface area contributed by atoms with Crippen molar-refractivity contribution in [2.45, 2.75) is 6.92 Å². The molecule has 1 aliphatic rings. The molecule has 1 aromatic carbocycles. The van der Waals surface area contributed by atoms with Gasteiger partial charge in [0.15, 0.2) is 0 Å². The Morgan fingerprint density at radius 1 is 1.22 bits per heavy atom. The molecule has 1 aliphatic heterocycles. The quantitative estimate of drug-likeness (QED) is 0.622. The molecule has 0 saturated carbocycles. The van der Waals surface area contributed by atoms with E-state index in [1.807, 2.05) is 51.4 Å². The van der Waals surface area contributed by atoms with Crippen LogP contribution in [-0.4, -0.2) is 20.8 Å². The van der Waals surface area contributed by atoms with E-state index in [-0.39, 0.29) is 5.70 Å². The lowest BCUT2D eigenvalue weighted by molar-refractivity contribution is 0.318. The van der Waals surface area contributed by atoms with Gasteiger partial charge >= 0.3 is 0 Å². The molecule has 23 heavy (non-hydrogen) atoms. The third kappa shape index (κ3) is 4.21. The Morgan fingerprint density at radius 2 is 1.91 bits per heavy atom. The molecular formula is C19H19N3O. The Labute approximate surface area is 137 Å². The van der Waals surface area contributed by atoms with Crippen molar-refractivity contribution in [2.24, 2.45) is 4.99 Å².